The number of aliphatic hydroxyl groups is 3. The van der Waals surface area contributed by atoms with Crippen molar-refractivity contribution < 1.29 is 29.7 Å². The maximum Gasteiger partial charge on any atom is 0.143 e. The molecule has 3 unspecified atom stereocenters. The van der Waals surface area contributed by atoms with Crippen LogP contribution in [0.25, 0.3) is 0 Å². The molecule has 38 heavy (non-hydrogen) atoms. The molecule has 12 nitrogen and oxygen atoms in total. The molecule has 4 atom stereocenters. The molecule has 0 rings (SSSR count). The van der Waals surface area contributed by atoms with E-state index in [9.17, 15) is 14.4 Å². The Bertz CT molecular complexity index is 403. The van der Waals surface area contributed by atoms with Gasteiger partial charge in [-0.05, 0) is 83.2 Å². The molecule has 0 spiro atoms. The fourth-order valence-electron chi connectivity index (χ4n) is 0.332. The van der Waals surface area contributed by atoms with Crippen LogP contribution in [0.1, 0.15) is 76.2 Å². The molecule has 0 aliphatic rings. The second-order valence-corrected chi connectivity index (χ2v) is 7.73. The zero-order valence-electron chi connectivity index (χ0n) is 26.1. The highest BCUT2D eigenvalue weighted by molar-refractivity contribution is 5.77. The van der Waals surface area contributed by atoms with Gasteiger partial charge in [0.1, 0.15) is 23.6 Å². The lowest BCUT2D eigenvalue weighted by Crippen LogP contribution is -2.32. The number of aliphatic hydroxyl groups excluding tert-OH is 3. The molecule has 0 saturated carbocycles. The standard InChI is InChI=1S/C5H13NO.C4H11NO.C4H8O.C3H9NO.2C3H7NO.C3H9N.CH4/c1-4(6-3)5(2)7;1-4(3-6)5-2;1-3-4(2)5;1-3(5)4-2;2*1-3(5)2-4;1-3-4-2;/h4-7H,1-3H3;4-6H,3H2,1-2H3;3H2,1-2H3;3-5H,1-2H3;2*2,4H2,1H3;4H,3H2,1-2H3;1H4/t;4-;;;;;;/m.0....../s1. The second-order valence-electron chi connectivity index (χ2n) is 7.73. The van der Waals surface area contributed by atoms with Crippen molar-refractivity contribution in [2.75, 3.05) is 54.4 Å². The summed E-state index contributed by atoms with van der Waals surface area (Å²) in [6.45, 7) is 17.3. The first kappa shape index (κ1) is 56.7. The van der Waals surface area contributed by atoms with Gasteiger partial charge in [-0.1, -0.05) is 21.3 Å². The summed E-state index contributed by atoms with van der Waals surface area (Å²) >= 11 is 0. The largest absolute Gasteiger partial charge is 0.395 e. The molecular weight excluding hydrogens is 492 g/mol. The Kier molecular flexibility index (Phi) is 77.9. The van der Waals surface area contributed by atoms with Crippen LogP contribution >= 0.6 is 0 Å². The molecular formula is C26H68N6O6. The Morgan fingerprint density at radius 1 is 0.737 bits per heavy atom. The number of hydrogen-bond acceptors (Lipinski definition) is 12. The molecule has 0 amide bonds. The Labute approximate surface area is 235 Å². The van der Waals surface area contributed by atoms with Crippen molar-refractivity contribution in [1.82, 2.24) is 21.3 Å². The van der Waals surface area contributed by atoms with Gasteiger partial charge >= 0.3 is 0 Å². The van der Waals surface area contributed by atoms with Gasteiger partial charge in [-0.25, -0.2) is 0 Å². The van der Waals surface area contributed by atoms with Gasteiger partial charge in [-0.3, -0.25) is 14.9 Å². The predicted octanol–water partition coefficient (Wildman–Crippen LogP) is 0.0212. The summed E-state index contributed by atoms with van der Waals surface area (Å²) in [5.41, 5.74) is 9.64. The van der Waals surface area contributed by atoms with Gasteiger partial charge in [0.25, 0.3) is 0 Å². The second kappa shape index (κ2) is 52.1. The van der Waals surface area contributed by atoms with Gasteiger partial charge in [0.15, 0.2) is 0 Å². The number of nitrogens with two attached hydrogens (primary N) is 2. The summed E-state index contributed by atoms with van der Waals surface area (Å²) in [5, 5.41) is 36.6. The summed E-state index contributed by atoms with van der Waals surface area (Å²) in [6.07, 6.45) is 0.0556. The lowest BCUT2D eigenvalue weighted by atomic mass is 10.2. The summed E-state index contributed by atoms with van der Waals surface area (Å²) in [4.78, 5) is 29.2. The highest BCUT2D eigenvalue weighted by Gasteiger charge is 2.02. The average Bonchev–Trinajstić information content (AvgIpc) is 2.89. The maximum atomic E-state index is 9.81. The molecule has 0 heterocycles. The fourth-order valence-corrected chi connectivity index (χ4v) is 0.332. The van der Waals surface area contributed by atoms with Gasteiger partial charge in [-0.15, -0.1) is 0 Å². The lowest BCUT2D eigenvalue weighted by Gasteiger charge is -2.11. The zero-order chi connectivity index (χ0) is 31.4. The van der Waals surface area contributed by atoms with E-state index < -0.39 is 0 Å². The monoisotopic (exact) mass is 561 g/mol. The zero-order valence-corrected chi connectivity index (χ0v) is 26.1. The minimum Gasteiger partial charge on any atom is -0.395 e. The van der Waals surface area contributed by atoms with Crippen LogP contribution in [0.4, 0.5) is 0 Å². The van der Waals surface area contributed by atoms with Crippen molar-refractivity contribution in [3.05, 3.63) is 0 Å². The number of nitrogens with one attached hydrogen (secondary N) is 4. The van der Waals surface area contributed by atoms with E-state index in [-0.39, 0.29) is 68.9 Å². The summed E-state index contributed by atoms with van der Waals surface area (Å²) < 4.78 is 0. The first-order valence-electron chi connectivity index (χ1n) is 12.5. The minimum atomic E-state index is -0.366. The van der Waals surface area contributed by atoms with Crippen LogP contribution in [0, 0.1) is 0 Å². The van der Waals surface area contributed by atoms with E-state index in [4.69, 9.17) is 26.8 Å². The Balaban J connectivity index is -0.0000000461. The molecule has 0 saturated heterocycles. The van der Waals surface area contributed by atoms with Crippen LogP contribution < -0.4 is 32.7 Å². The Hall–Kier alpha value is -1.35. The van der Waals surface area contributed by atoms with E-state index in [1.54, 1.807) is 27.8 Å². The number of likely N-dealkylation sites (N-methyl/N-ethyl adjacent to an activating group) is 2. The molecule has 0 aromatic heterocycles. The van der Waals surface area contributed by atoms with E-state index in [2.05, 4.69) is 28.2 Å². The fraction of sp³-hybridized carbons (Fsp3) is 0.885. The lowest BCUT2D eigenvalue weighted by molar-refractivity contribution is -0.117. The SMILES string of the molecule is C.CC(=O)CN.CC(=O)CN.CCC(C)=O.CCNC.CNC(C)C(C)O.CNC(C)O.CN[C@@H](C)CO. The van der Waals surface area contributed by atoms with Crippen LogP contribution in [-0.2, 0) is 14.4 Å². The third kappa shape index (κ3) is 126. The maximum absolute atomic E-state index is 9.81. The molecule has 0 aromatic carbocycles. The van der Waals surface area contributed by atoms with Crippen LogP contribution in [-0.4, -0.2) is 112 Å². The van der Waals surface area contributed by atoms with Crippen molar-refractivity contribution in [2.24, 2.45) is 11.5 Å². The highest BCUT2D eigenvalue weighted by Crippen LogP contribution is 1.86. The predicted molar refractivity (Wildman–Crippen MR) is 163 cm³/mol. The van der Waals surface area contributed by atoms with E-state index in [0.29, 0.717) is 6.42 Å². The summed E-state index contributed by atoms with van der Waals surface area (Å²) in [7, 11) is 7.28. The van der Waals surface area contributed by atoms with Crippen LogP contribution in [0.2, 0.25) is 0 Å². The molecule has 0 aliphatic heterocycles. The third-order valence-electron chi connectivity index (χ3n) is 3.79. The average molecular weight is 561 g/mol. The van der Waals surface area contributed by atoms with E-state index in [1.807, 2.05) is 41.9 Å². The number of Topliss-reactive ketones (excluding diaryl/α,β-unsaturated/α-hetero) is 3. The highest BCUT2D eigenvalue weighted by atomic mass is 16.3. The molecule has 0 bridgehead atoms. The van der Waals surface area contributed by atoms with E-state index in [0.717, 1.165) is 6.54 Å². The topological polar surface area (TPSA) is 212 Å². The number of ketones is 3. The Morgan fingerprint density at radius 2 is 1.00 bits per heavy atom. The van der Waals surface area contributed by atoms with Crippen LogP contribution in [0.15, 0.2) is 0 Å². The number of carbonyl (C=O) groups is 3. The third-order valence-corrected chi connectivity index (χ3v) is 3.79. The quantitative estimate of drug-likeness (QED) is 0.171. The summed E-state index contributed by atoms with van der Waals surface area (Å²) in [6, 6.07) is 0.449. The van der Waals surface area contributed by atoms with Crippen molar-refractivity contribution in [3.8, 4) is 0 Å². The summed E-state index contributed by atoms with van der Waals surface area (Å²) in [5.74, 6) is 0.319. The van der Waals surface area contributed by atoms with Crippen molar-refractivity contribution in [2.45, 2.75) is 101 Å². The van der Waals surface area contributed by atoms with Gasteiger partial charge < -0.3 is 47.5 Å². The minimum absolute atomic E-state index is 0. The number of rotatable bonds is 9. The molecule has 0 radical (unpaired) electrons. The molecule has 11 N–H and O–H groups in total. The number of carbonyl (C=O) groups excluding carboxylic acids is 3. The van der Waals surface area contributed by atoms with Crippen LogP contribution in [0.5, 0.6) is 0 Å². The van der Waals surface area contributed by atoms with E-state index in [1.165, 1.54) is 13.8 Å². The van der Waals surface area contributed by atoms with E-state index >= 15 is 0 Å². The molecule has 0 aromatic rings. The van der Waals surface area contributed by atoms with Gasteiger partial charge in [0, 0.05) is 18.5 Å². The smallest absolute Gasteiger partial charge is 0.143 e. The molecule has 0 aliphatic carbocycles. The van der Waals surface area contributed by atoms with Crippen molar-refractivity contribution in [1.29, 1.82) is 0 Å². The molecule has 0 fully saturated rings. The van der Waals surface area contributed by atoms with Gasteiger partial charge in [0.2, 0.25) is 0 Å². The Morgan fingerprint density at radius 3 is 1.00 bits per heavy atom. The normalized spacial score (nSPS) is 11.5. The molecule has 238 valence electrons. The first-order chi connectivity index (χ1) is 17.0. The molecule has 12 heteroatoms. The van der Waals surface area contributed by atoms with Gasteiger partial charge in [-0.2, -0.15) is 0 Å². The van der Waals surface area contributed by atoms with Crippen LogP contribution in [0.3, 0.4) is 0 Å². The van der Waals surface area contributed by atoms with Gasteiger partial charge in [0.05, 0.1) is 25.8 Å². The number of hydrogen-bond donors (Lipinski definition) is 9. The first-order valence-corrected chi connectivity index (χ1v) is 12.5. The van der Waals surface area contributed by atoms with Crippen molar-refractivity contribution >= 4 is 17.3 Å². The van der Waals surface area contributed by atoms with Crippen molar-refractivity contribution in [3.63, 3.8) is 0 Å².